The van der Waals surface area contributed by atoms with Gasteiger partial charge in [-0.1, -0.05) is 6.08 Å². The van der Waals surface area contributed by atoms with Gasteiger partial charge in [0.05, 0.1) is 6.04 Å². The normalized spacial score (nSPS) is 29.6. The summed E-state index contributed by atoms with van der Waals surface area (Å²) >= 11 is 0. The third-order valence-electron chi connectivity index (χ3n) is 2.03. The molecule has 51 valence electrons. The Hall–Kier alpha value is -0.850. The Morgan fingerprint density at radius 1 is 1.60 bits per heavy atom. The number of nitrogens with zero attached hydrogens (tertiary/aromatic N) is 1. The lowest BCUT2D eigenvalue weighted by atomic mass is 9.93. The summed E-state index contributed by atoms with van der Waals surface area (Å²) in [7, 11) is 0. The second-order valence-electron chi connectivity index (χ2n) is 2.74. The number of hydrogen-bond donors (Lipinski definition) is 0. The fraction of sp³-hybridized carbons (Fsp3) is 0.444. The van der Waals surface area contributed by atoms with Gasteiger partial charge in [-0.2, -0.15) is 0 Å². The summed E-state index contributed by atoms with van der Waals surface area (Å²) in [6.45, 7) is 0. The molecule has 1 heterocycles. The molecule has 1 unspecified atom stereocenters. The third kappa shape index (κ3) is 0.919. The van der Waals surface area contributed by atoms with Crippen LogP contribution in [0, 0.1) is 6.08 Å². The van der Waals surface area contributed by atoms with E-state index in [1.54, 1.807) is 6.21 Å². The maximum Gasteiger partial charge on any atom is 0.0746 e. The van der Waals surface area contributed by atoms with Crippen molar-refractivity contribution < 1.29 is 0 Å². The van der Waals surface area contributed by atoms with Gasteiger partial charge in [0, 0.05) is 12.3 Å². The standard InChI is InChI=1S/C9H10N/c1-2-6-9-8(4-1)5-3-7-10-9/h4-5,7,9H,1-2,6H2. The Labute approximate surface area is 61.2 Å². The first-order chi connectivity index (χ1) is 4.97. The van der Waals surface area contributed by atoms with Crippen LogP contribution in [0.5, 0.6) is 0 Å². The second kappa shape index (κ2) is 2.41. The van der Waals surface area contributed by atoms with Crippen LogP contribution in [0.15, 0.2) is 22.7 Å². The SMILES string of the molecule is [C]1=CC2=CCCCC2N=C1. The Morgan fingerprint density at radius 3 is 3.50 bits per heavy atom. The van der Waals surface area contributed by atoms with Gasteiger partial charge in [0.1, 0.15) is 0 Å². The number of aliphatic imine (C=N–C) groups is 1. The summed E-state index contributed by atoms with van der Waals surface area (Å²) < 4.78 is 0. The molecule has 1 aliphatic heterocycles. The lowest BCUT2D eigenvalue weighted by Crippen LogP contribution is -2.13. The zero-order valence-corrected chi connectivity index (χ0v) is 5.88. The van der Waals surface area contributed by atoms with Crippen molar-refractivity contribution in [1.82, 2.24) is 0 Å². The highest BCUT2D eigenvalue weighted by molar-refractivity contribution is 5.69. The van der Waals surface area contributed by atoms with Crippen molar-refractivity contribution in [3.63, 3.8) is 0 Å². The smallest absolute Gasteiger partial charge is 0.0746 e. The average molecular weight is 132 g/mol. The van der Waals surface area contributed by atoms with Gasteiger partial charge < -0.3 is 0 Å². The molecule has 2 aliphatic rings. The molecule has 1 atom stereocenters. The monoisotopic (exact) mass is 132 g/mol. The van der Waals surface area contributed by atoms with Gasteiger partial charge in [-0.15, -0.1) is 0 Å². The molecular formula is C9H10N. The first-order valence-electron chi connectivity index (χ1n) is 3.78. The predicted molar refractivity (Wildman–Crippen MR) is 42.0 cm³/mol. The summed E-state index contributed by atoms with van der Waals surface area (Å²) in [5, 5.41) is 0. The van der Waals surface area contributed by atoms with Crippen LogP contribution in [-0.2, 0) is 0 Å². The van der Waals surface area contributed by atoms with E-state index in [-0.39, 0.29) is 0 Å². The van der Waals surface area contributed by atoms with Gasteiger partial charge in [0.25, 0.3) is 0 Å². The Balaban J connectivity index is 2.27. The number of allylic oxidation sites excluding steroid dienone is 2. The van der Waals surface area contributed by atoms with Gasteiger partial charge >= 0.3 is 0 Å². The molecule has 0 saturated heterocycles. The van der Waals surface area contributed by atoms with Crippen LogP contribution >= 0.6 is 0 Å². The lowest BCUT2D eigenvalue weighted by molar-refractivity contribution is 0.626. The summed E-state index contributed by atoms with van der Waals surface area (Å²) in [6.07, 6.45) is 12.8. The molecule has 1 heteroatoms. The fourth-order valence-corrected chi connectivity index (χ4v) is 1.46. The van der Waals surface area contributed by atoms with Crippen LogP contribution in [0.4, 0.5) is 0 Å². The maximum atomic E-state index is 4.32. The van der Waals surface area contributed by atoms with Crippen LogP contribution < -0.4 is 0 Å². The van der Waals surface area contributed by atoms with Crippen molar-refractivity contribution in [2.75, 3.05) is 0 Å². The van der Waals surface area contributed by atoms with Gasteiger partial charge in [0.2, 0.25) is 0 Å². The number of dihydropyridines is 1. The minimum Gasteiger partial charge on any atom is -0.284 e. The van der Waals surface area contributed by atoms with E-state index in [0.29, 0.717) is 6.04 Å². The van der Waals surface area contributed by atoms with Crippen LogP contribution in [0.25, 0.3) is 0 Å². The summed E-state index contributed by atoms with van der Waals surface area (Å²) in [5.41, 5.74) is 1.37. The van der Waals surface area contributed by atoms with E-state index in [9.17, 15) is 0 Å². The molecule has 0 spiro atoms. The van der Waals surface area contributed by atoms with E-state index in [0.717, 1.165) is 0 Å². The molecule has 1 nitrogen and oxygen atoms in total. The first kappa shape index (κ1) is 5.90. The van der Waals surface area contributed by atoms with Crippen molar-refractivity contribution in [3.05, 3.63) is 23.8 Å². The van der Waals surface area contributed by atoms with Crippen molar-refractivity contribution in [3.8, 4) is 0 Å². The summed E-state index contributed by atoms with van der Waals surface area (Å²) in [6, 6.07) is 0.468. The molecule has 0 amide bonds. The van der Waals surface area contributed by atoms with E-state index in [4.69, 9.17) is 0 Å². The van der Waals surface area contributed by atoms with Crippen LogP contribution in [0.1, 0.15) is 19.3 Å². The molecular weight excluding hydrogens is 122 g/mol. The number of hydrogen-bond acceptors (Lipinski definition) is 1. The van der Waals surface area contributed by atoms with E-state index >= 15 is 0 Å². The van der Waals surface area contributed by atoms with Gasteiger partial charge in [-0.05, 0) is 30.9 Å². The highest BCUT2D eigenvalue weighted by atomic mass is 14.8. The topological polar surface area (TPSA) is 12.4 Å². The molecule has 0 bridgehead atoms. The zero-order chi connectivity index (χ0) is 6.81. The summed E-state index contributed by atoms with van der Waals surface area (Å²) in [5.74, 6) is 0. The Kier molecular flexibility index (Phi) is 1.42. The minimum atomic E-state index is 0.468. The van der Waals surface area contributed by atoms with Crippen molar-refractivity contribution in [2.24, 2.45) is 4.99 Å². The Bertz CT molecular complexity index is 211. The van der Waals surface area contributed by atoms with Gasteiger partial charge in [0.15, 0.2) is 0 Å². The highest BCUT2D eigenvalue weighted by Gasteiger charge is 2.14. The molecule has 1 aliphatic carbocycles. The lowest BCUT2D eigenvalue weighted by Gasteiger charge is -2.19. The molecule has 0 fully saturated rings. The molecule has 0 aromatic heterocycles. The number of rotatable bonds is 0. The van der Waals surface area contributed by atoms with Crippen molar-refractivity contribution in [1.29, 1.82) is 0 Å². The van der Waals surface area contributed by atoms with Crippen molar-refractivity contribution in [2.45, 2.75) is 25.3 Å². The molecule has 0 saturated carbocycles. The largest absolute Gasteiger partial charge is 0.284 e. The average Bonchev–Trinajstić information content (AvgIpc) is 2.05. The van der Waals surface area contributed by atoms with E-state index in [1.807, 2.05) is 0 Å². The summed E-state index contributed by atoms with van der Waals surface area (Å²) in [4.78, 5) is 4.32. The molecule has 0 aromatic carbocycles. The minimum absolute atomic E-state index is 0.468. The van der Waals surface area contributed by atoms with Gasteiger partial charge in [-0.25, -0.2) is 0 Å². The molecule has 2 rings (SSSR count). The molecule has 1 radical (unpaired) electrons. The maximum absolute atomic E-state index is 4.32. The van der Waals surface area contributed by atoms with Crippen molar-refractivity contribution >= 4 is 6.21 Å². The molecule has 0 aromatic rings. The van der Waals surface area contributed by atoms with E-state index in [1.165, 1.54) is 24.8 Å². The first-order valence-corrected chi connectivity index (χ1v) is 3.78. The Morgan fingerprint density at radius 2 is 2.60 bits per heavy atom. The van der Waals surface area contributed by atoms with Gasteiger partial charge in [-0.3, -0.25) is 4.99 Å². The van der Waals surface area contributed by atoms with Crippen LogP contribution in [0.3, 0.4) is 0 Å². The highest BCUT2D eigenvalue weighted by Crippen LogP contribution is 2.23. The predicted octanol–water partition coefficient (Wildman–Crippen LogP) is 1.91. The van der Waals surface area contributed by atoms with E-state index in [2.05, 4.69) is 23.2 Å². The van der Waals surface area contributed by atoms with E-state index < -0.39 is 0 Å². The quantitative estimate of drug-likeness (QED) is 0.477. The van der Waals surface area contributed by atoms with Crippen LogP contribution in [0.2, 0.25) is 0 Å². The third-order valence-corrected chi connectivity index (χ3v) is 2.03. The van der Waals surface area contributed by atoms with Crippen LogP contribution in [-0.4, -0.2) is 12.3 Å². The number of fused-ring (bicyclic) bond motifs is 1. The molecule has 0 N–H and O–H groups in total. The zero-order valence-electron chi connectivity index (χ0n) is 5.88. The fourth-order valence-electron chi connectivity index (χ4n) is 1.46. The second-order valence-corrected chi connectivity index (χ2v) is 2.74. The molecule has 10 heavy (non-hydrogen) atoms.